The number of carbonyl (C=O) groups excluding carboxylic acids is 2. The van der Waals surface area contributed by atoms with Crippen molar-refractivity contribution in [2.24, 2.45) is 0 Å². The zero-order valence-electron chi connectivity index (χ0n) is 24.3. The molecule has 1 unspecified atom stereocenters. The van der Waals surface area contributed by atoms with Gasteiger partial charge in [-0.25, -0.2) is 8.42 Å². The first kappa shape index (κ1) is 31.6. The van der Waals surface area contributed by atoms with Crippen LogP contribution >= 0.6 is 11.6 Å². The number of hydrogen-bond acceptors (Lipinski definition) is 4. The summed E-state index contributed by atoms with van der Waals surface area (Å²) in [5.74, 6) is -0.667. The quantitative estimate of drug-likeness (QED) is 0.259. The molecule has 1 atom stereocenters. The first-order valence-corrected chi connectivity index (χ1v) is 16.6. The Bertz CT molecular complexity index is 1440. The average molecular weight is 610 g/mol. The van der Waals surface area contributed by atoms with Crippen molar-refractivity contribution >= 4 is 39.1 Å². The standard InChI is InChI=1S/C33H40ClN3O4S/c1-3-26-13-11-12-18-31(26)37(42(40,41)29-16-9-6-10-17-29)24-32(38)36(23-25-19-21-27(34)22-20-25)30(4-2)33(39)35-28-14-7-5-8-15-28/h6,9-13,16-22,28,30H,3-5,7-8,14-15,23-24H2,1-2H3,(H,35,39). The van der Waals surface area contributed by atoms with Crippen molar-refractivity contribution in [1.29, 1.82) is 0 Å². The van der Waals surface area contributed by atoms with E-state index >= 15 is 0 Å². The van der Waals surface area contributed by atoms with Crippen LogP contribution in [0.15, 0.2) is 83.8 Å². The van der Waals surface area contributed by atoms with Crippen LogP contribution in [0.3, 0.4) is 0 Å². The molecule has 4 rings (SSSR count). The molecule has 1 aliphatic rings. The number of carbonyl (C=O) groups is 2. The molecule has 3 aromatic carbocycles. The maximum atomic E-state index is 14.3. The molecule has 0 heterocycles. The molecule has 42 heavy (non-hydrogen) atoms. The van der Waals surface area contributed by atoms with E-state index in [0.717, 1.165) is 43.2 Å². The molecule has 0 aromatic heterocycles. The van der Waals surface area contributed by atoms with Crippen LogP contribution in [0.5, 0.6) is 0 Å². The van der Waals surface area contributed by atoms with Gasteiger partial charge in [0, 0.05) is 17.6 Å². The minimum absolute atomic E-state index is 0.0826. The van der Waals surface area contributed by atoms with Crippen molar-refractivity contribution in [3.63, 3.8) is 0 Å². The zero-order valence-corrected chi connectivity index (χ0v) is 25.9. The summed E-state index contributed by atoms with van der Waals surface area (Å²) in [4.78, 5) is 29.5. The van der Waals surface area contributed by atoms with Crippen LogP contribution in [-0.2, 0) is 32.6 Å². The maximum absolute atomic E-state index is 14.3. The Morgan fingerprint density at radius 3 is 2.19 bits per heavy atom. The van der Waals surface area contributed by atoms with Crippen LogP contribution in [0.1, 0.15) is 63.5 Å². The summed E-state index contributed by atoms with van der Waals surface area (Å²) in [6.07, 6.45) is 6.11. The molecule has 1 fully saturated rings. The molecule has 1 saturated carbocycles. The second kappa shape index (κ2) is 14.7. The lowest BCUT2D eigenvalue weighted by Crippen LogP contribution is -2.54. The minimum Gasteiger partial charge on any atom is -0.352 e. The lowest BCUT2D eigenvalue weighted by molar-refractivity contribution is -0.140. The van der Waals surface area contributed by atoms with E-state index in [1.54, 1.807) is 42.5 Å². The minimum atomic E-state index is -4.10. The molecule has 9 heteroatoms. The highest BCUT2D eigenvalue weighted by molar-refractivity contribution is 7.92. The van der Waals surface area contributed by atoms with Crippen LogP contribution in [0.4, 0.5) is 5.69 Å². The largest absolute Gasteiger partial charge is 0.352 e. The van der Waals surface area contributed by atoms with E-state index in [0.29, 0.717) is 23.6 Å². The summed E-state index contributed by atoms with van der Waals surface area (Å²) in [7, 11) is -4.10. The Morgan fingerprint density at radius 2 is 1.55 bits per heavy atom. The third kappa shape index (κ3) is 7.72. The topological polar surface area (TPSA) is 86.8 Å². The number of amides is 2. The molecule has 7 nitrogen and oxygen atoms in total. The molecule has 0 radical (unpaired) electrons. The number of para-hydroxylation sites is 1. The van der Waals surface area contributed by atoms with Crippen LogP contribution < -0.4 is 9.62 Å². The van der Waals surface area contributed by atoms with E-state index < -0.39 is 28.5 Å². The summed E-state index contributed by atoms with van der Waals surface area (Å²) in [5.41, 5.74) is 2.04. The molecule has 0 spiro atoms. The third-order valence-corrected chi connectivity index (χ3v) is 9.88. The van der Waals surface area contributed by atoms with Gasteiger partial charge >= 0.3 is 0 Å². The summed E-state index contributed by atoms with van der Waals surface area (Å²) in [6, 6.07) is 21.8. The maximum Gasteiger partial charge on any atom is 0.264 e. The number of nitrogens with one attached hydrogen (secondary N) is 1. The van der Waals surface area contributed by atoms with Crippen molar-refractivity contribution in [2.45, 2.75) is 82.3 Å². The van der Waals surface area contributed by atoms with Crippen LogP contribution in [0.2, 0.25) is 5.02 Å². The molecule has 0 aliphatic heterocycles. The normalized spacial score (nSPS) is 14.6. The number of aryl methyl sites for hydroxylation is 1. The van der Waals surface area contributed by atoms with E-state index in [4.69, 9.17) is 11.6 Å². The van der Waals surface area contributed by atoms with Crippen LogP contribution in [-0.4, -0.2) is 43.8 Å². The summed E-state index contributed by atoms with van der Waals surface area (Å²) in [6.45, 7) is 3.51. The predicted octanol–water partition coefficient (Wildman–Crippen LogP) is 6.35. The average Bonchev–Trinajstić information content (AvgIpc) is 3.01. The van der Waals surface area contributed by atoms with Gasteiger partial charge in [0.25, 0.3) is 10.0 Å². The van der Waals surface area contributed by atoms with Crippen molar-refractivity contribution < 1.29 is 18.0 Å². The second-order valence-corrected chi connectivity index (χ2v) is 13.0. The number of nitrogens with zero attached hydrogens (tertiary/aromatic N) is 2. The van der Waals surface area contributed by atoms with Crippen LogP contribution in [0, 0.1) is 0 Å². The fourth-order valence-electron chi connectivity index (χ4n) is 5.54. The van der Waals surface area contributed by atoms with Gasteiger partial charge in [0.1, 0.15) is 12.6 Å². The Balaban J connectivity index is 1.72. The Kier molecular flexibility index (Phi) is 11.0. The Morgan fingerprint density at radius 1 is 0.905 bits per heavy atom. The lowest BCUT2D eigenvalue weighted by Gasteiger charge is -2.35. The molecule has 2 amide bonds. The number of hydrogen-bond donors (Lipinski definition) is 1. The van der Waals surface area contributed by atoms with Gasteiger partial charge in [0.2, 0.25) is 11.8 Å². The fourth-order valence-corrected chi connectivity index (χ4v) is 7.14. The molecule has 0 bridgehead atoms. The highest BCUT2D eigenvalue weighted by atomic mass is 35.5. The number of anilines is 1. The van der Waals surface area contributed by atoms with E-state index in [-0.39, 0.29) is 23.4 Å². The van der Waals surface area contributed by atoms with Crippen molar-refractivity contribution in [1.82, 2.24) is 10.2 Å². The van der Waals surface area contributed by atoms with Crippen molar-refractivity contribution in [3.05, 3.63) is 95.0 Å². The Labute approximate surface area is 254 Å². The smallest absolute Gasteiger partial charge is 0.264 e. The molecule has 0 saturated heterocycles. The highest BCUT2D eigenvalue weighted by Crippen LogP contribution is 2.28. The van der Waals surface area contributed by atoms with Gasteiger partial charge in [-0.15, -0.1) is 0 Å². The van der Waals surface area contributed by atoms with Gasteiger partial charge in [-0.1, -0.05) is 93.2 Å². The van der Waals surface area contributed by atoms with Gasteiger partial charge in [-0.2, -0.15) is 0 Å². The van der Waals surface area contributed by atoms with Gasteiger partial charge in [-0.05, 0) is 67.1 Å². The van der Waals surface area contributed by atoms with Gasteiger partial charge in [0.05, 0.1) is 10.6 Å². The first-order chi connectivity index (χ1) is 20.2. The van der Waals surface area contributed by atoms with Crippen molar-refractivity contribution in [2.75, 3.05) is 10.8 Å². The monoisotopic (exact) mass is 609 g/mol. The second-order valence-electron chi connectivity index (χ2n) is 10.7. The van der Waals surface area contributed by atoms with Crippen LogP contribution in [0.25, 0.3) is 0 Å². The number of halogens is 1. The Hall–Kier alpha value is -3.36. The van der Waals surface area contributed by atoms with Gasteiger partial charge < -0.3 is 10.2 Å². The summed E-state index contributed by atoms with van der Waals surface area (Å²) in [5, 5.41) is 3.74. The number of sulfonamides is 1. The third-order valence-electron chi connectivity index (χ3n) is 7.85. The highest BCUT2D eigenvalue weighted by Gasteiger charge is 2.35. The molecular weight excluding hydrogens is 570 g/mol. The number of benzene rings is 3. The van der Waals surface area contributed by atoms with E-state index in [1.165, 1.54) is 21.3 Å². The van der Waals surface area contributed by atoms with Gasteiger partial charge in [0.15, 0.2) is 0 Å². The van der Waals surface area contributed by atoms with E-state index in [2.05, 4.69) is 5.32 Å². The SMILES string of the molecule is CCc1ccccc1N(CC(=O)N(Cc1ccc(Cl)cc1)C(CC)C(=O)NC1CCCCC1)S(=O)(=O)c1ccccc1. The molecule has 3 aromatic rings. The predicted molar refractivity (Wildman–Crippen MR) is 168 cm³/mol. The lowest BCUT2D eigenvalue weighted by atomic mass is 9.95. The first-order valence-electron chi connectivity index (χ1n) is 14.7. The summed E-state index contributed by atoms with van der Waals surface area (Å²) < 4.78 is 29.3. The summed E-state index contributed by atoms with van der Waals surface area (Å²) >= 11 is 6.12. The fraction of sp³-hybridized carbons (Fsp3) is 0.394. The van der Waals surface area contributed by atoms with Gasteiger partial charge in [-0.3, -0.25) is 13.9 Å². The zero-order chi connectivity index (χ0) is 30.1. The van der Waals surface area contributed by atoms with E-state index in [9.17, 15) is 18.0 Å². The molecule has 1 aliphatic carbocycles. The van der Waals surface area contributed by atoms with Crippen molar-refractivity contribution in [3.8, 4) is 0 Å². The molecular formula is C33H40ClN3O4S. The molecule has 224 valence electrons. The number of rotatable bonds is 12. The molecule has 1 N–H and O–H groups in total. The van der Waals surface area contributed by atoms with E-state index in [1.807, 2.05) is 38.1 Å².